The maximum atomic E-state index is 12.1. The van der Waals surface area contributed by atoms with Gasteiger partial charge in [-0.1, -0.05) is 17.5 Å². The molecule has 110 valence electrons. The predicted molar refractivity (Wildman–Crippen MR) is 79.8 cm³/mol. The second kappa shape index (κ2) is 5.85. The van der Waals surface area contributed by atoms with E-state index in [0.717, 1.165) is 10.9 Å². The maximum Gasteiger partial charge on any atom is 0.292 e. The highest BCUT2D eigenvalue weighted by molar-refractivity contribution is 7.92. The summed E-state index contributed by atoms with van der Waals surface area (Å²) < 4.78 is 23.3. The van der Waals surface area contributed by atoms with Gasteiger partial charge in [-0.3, -0.25) is 4.79 Å². The average Bonchev–Trinajstić information content (AvgIpc) is 2.31. The molecule has 0 radical (unpaired) electrons. The first-order valence-electron chi connectivity index (χ1n) is 5.72. The summed E-state index contributed by atoms with van der Waals surface area (Å²) in [6.45, 7) is 3.18. The third kappa shape index (κ3) is 3.52. The molecule has 0 aliphatic heterocycles. The zero-order valence-corrected chi connectivity index (χ0v) is 13.0. The molecule has 0 saturated carbocycles. The van der Waals surface area contributed by atoms with Crippen LogP contribution in [0.4, 0.5) is 5.69 Å². The van der Waals surface area contributed by atoms with Crippen LogP contribution in [-0.4, -0.2) is 35.7 Å². The SMILES string of the molecule is C#CCn1ncc(Cl)c(NCC(C)(C)S(C)(=O)=O)c1=O. The molecule has 8 heteroatoms. The summed E-state index contributed by atoms with van der Waals surface area (Å²) in [5.74, 6) is 2.30. The average molecular weight is 318 g/mol. The van der Waals surface area contributed by atoms with Crippen molar-refractivity contribution < 1.29 is 8.42 Å². The molecule has 0 saturated heterocycles. The number of hydrogen-bond donors (Lipinski definition) is 1. The monoisotopic (exact) mass is 317 g/mol. The molecule has 0 atom stereocenters. The molecule has 0 amide bonds. The van der Waals surface area contributed by atoms with Gasteiger partial charge in [-0.25, -0.2) is 13.1 Å². The van der Waals surface area contributed by atoms with E-state index in [1.807, 2.05) is 0 Å². The van der Waals surface area contributed by atoms with Crippen molar-refractivity contribution in [2.75, 3.05) is 18.1 Å². The number of nitrogens with one attached hydrogen (secondary N) is 1. The first-order valence-corrected chi connectivity index (χ1v) is 7.99. The lowest BCUT2D eigenvalue weighted by Crippen LogP contribution is -2.39. The van der Waals surface area contributed by atoms with E-state index in [2.05, 4.69) is 16.3 Å². The fourth-order valence-electron chi connectivity index (χ4n) is 1.26. The normalized spacial score (nSPS) is 11.9. The summed E-state index contributed by atoms with van der Waals surface area (Å²) in [6.07, 6.45) is 7.56. The van der Waals surface area contributed by atoms with Crippen molar-refractivity contribution in [3.8, 4) is 12.3 Å². The van der Waals surface area contributed by atoms with Gasteiger partial charge in [0, 0.05) is 12.8 Å². The summed E-state index contributed by atoms with van der Waals surface area (Å²) in [7, 11) is -3.28. The lowest BCUT2D eigenvalue weighted by atomic mass is 10.2. The molecule has 0 aliphatic rings. The Labute approximate surface area is 123 Å². The van der Waals surface area contributed by atoms with Crippen molar-refractivity contribution in [3.05, 3.63) is 21.6 Å². The molecular formula is C12H16ClN3O3S. The van der Waals surface area contributed by atoms with Crippen LogP contribution >= 0.6 is 11.6 Å². The minimum absolute atomic E-state index is 0.0140. The number of terminal acetylenes is 1. The van der Waals surface area contributed by atoms with Crippen LogP contribution in [0.5, 0.6) is 0 Å². The highest BCUT2D eigenvalue weighted by Gasteiger charge is 2.30. The number of anilines is 1. The molecule has 0 aliphatic carbocycles. The number of rotatable bonds is 5. The molecule has 1 aromatic rings. The van der Waals surface area contributed by atoms with E-state index in [0.29, 0.717) is 0 Å². The van der Waals surface area contributed by atoms with E-state index in [-0.39, 0.29) is 23.8 Å². The maximum absolute atomic E-state index is 12.1. The minimum Gasteiger partial charge on any atom is -0.378 e. The van der Waals surface area contributed by atoms with Crippen LogP contribution in [0.2, 0.25) is 5.02 Å². The van der Waals surface area contributed by atoms with Crippen LogP contribution in [0.1, 0.15) is 13.8 Å². The lowest BCUT2D eigenvalue weighted by molar-refractivity contribution is 0.559. The van der Waals surface area contributed by atoms with Crippen LogP contribution in [0.3, 0.4) is 0 Å². The second-order valence-corrected chi connectivity index (χ2v) is 7.98. The van der Waals surface area contributed by atoms with Crippen LogP contribution in [0.25, 0.3) is 0 Å². The smallest absolute Gasteiger partial charge is 0.292 e. The molecule has 0 fully saturated rings. The summed E-state index contributed by atoms with van der Waals surface area (Å²) in [4.78, 5) is 12.1. The Morgan fingerprint density at radius 3 is 2.65 bits per heavy atom. The van der Waals surface area contributed by atoms with Gasteiger partial charge in [0.25, 0.3) is 5.56 Å². The van der Waals surface area contributed by atoms with E-state index in [9.17, 15) is 13.2 Å². The molecule has 20 heavy (non-hydrogen) atoms. The Hall–Kier alpha value is -1.52. The van der Waals surface area contributed by atoms with Crippen molar-refractivity contribution in [1.82, 2.24) is 9.78 Å². The number of halogens is 1. The molecule has 1 aromatic heterocycles. The number of hydrogen-bond acceptors (Lipinski definition) is 5. The van der Waals surface area contributed by atoms with Gasteiger partial charge >= 0.3 is 0 Å². The quantitative estimate of drug-likeness (QED) is 0.811. The molecule has 0 bridgehead atoms. The topological polar surface area (TPSA) is 81.1 Å². The van der Waals surface area contributed by atoms with Gasteiger partial charge < -0.3 is 5.32 Å². The highest BCUT2D eigenvalue weighted by atomic mass is 35.5. The van der Waals surface area contributed by atoms with Crippen molar-refractivity contribution >= 4 is 27.1 Å². The van der Waals surface area contributed by atoms with Crippen LogP contribution < -0.4 is 10.9 Å². The molecule has 1 rings (SSSR count). The number of sulfone groups is 1. The number of aromatic nitrogens is 2. The minimum atomic E-state index is -3.28. The first kappa shape index (κ1) is 16.5. The van der Waals surface area contributed by atoms with Gasteiger partial charge in [-0.2, -0.15) is 5.10 Å². The number of nitrogens with zero attached hydrogens (tertiary/aromatic N) is 2. The van der Waals surface area contributed by atoms with Crippen molar-refractivity contribution in [2.24, 2.45) is 0 Å². The van der Waals surface area contributed by atoms with Crippen molar-refractivity contribution in [1.29, 1.82) is 0 Å². The summed E-state index contributed by atoms with van der Waals surface area (Å²) in [5.41, 5.74) is -0.395. The zero-order chi connectivity index (χ0) is 15.6. The van der Waals surface area contributed by atoms with Gasteiger partial charge in [0.1, 0.15) is 12.2 Å². The molecule has 0 aromatic carbocycles. The Balaban J connectivity index is 3.09. The fraction of sp³-hybridized carbons (Fsp3) is 0.500. The standard InChI is InChI=1S/C12H16ClN3O3S/c1-5-6-16-11(17)10(9(13)7-15-16)14-8-12(2,3)20(4,18)19/h1,7,14H,6,8H2,2-4H3. The van der Waals surface area contributed by atoms with Crippen molar-refractivity contribution in [2.45, 2.75) is 25.1 Å². The van der Waals surface area contributed by atoms with Gasteiger partial charge in [0.15, 0.2) is 9.84 Å². The van der Waals surface area contributed by atoms with Crippen LogP contribution in [0.15, 0.2) is 11.0 Å². The molecule has 0 unspecified atom stereocenters. The largest absolute Gasteiger partial charge is 0.378 e. The Morgan fingerprint density at radius 1 is 1.55 bits per heavy atom. The third-order valence-corrected chi connectivity index (χ3v) is 5.37. The lowest BCUT2D eigenvalue weighted by Gasteiger charge is -2.23. The molecule has 6 nitrogen and oxygen atoms in total. The van der Waals surface area contributed by atoms with Gasteiger partial charge in [-0.15, -0.1) is 6.42 Å². The predicted octanol–water partition coefficient (Wildman–Crippen LogP) is 0.765. The summed E-state index contributed by atoms with van der Waals surface area (Å²) in [6, 6.07) is 0. The molecular weight excluding hydrogens is 302 g/mol. The highest BCUT2D eigenvalue weighted by Crippen LogP contribution is 2.19. The Bertz CT molecular complexity index is 702. The van der Waals surface area contributed by atoms with Crippen LogP contribution in [0, 0.1) is 12.3 Å². The van der Waals surface area contributed by atoms with Gasteiger partial charge in [0.2, 0.25) is 0 Å². The Kier molecular flexibility index (Phi) is 4.84. The third-order valence-electron chi connectivity index (χ3n) is 2.93. The van der Waals surface area contributed by atoms with E-state index in [4.69, 9.17) is 18.0 Å². The molecule has 1 heterocycles. The fourth-order valence-corrected chi connectivity index (χ4v) is 1.79. The van der Waals surface area contributed by atoms with E-state index >= 15 is 0 Å². The van der Waals surface area contributed by atoms with E-state index < -0.39 is 20.1 Å². The molecule has 0 spiro atoms. The summed E-state index contributed by atoms with van der Waals surface area (Å²) >= 11 is 5.91. The zero-order valence-electron chi connectivity index (χ0n) is 11.5. The van der Waals surface area contributed by atoms with E-state index in [1.54, 1.807) is 13.8 Å². The van der Waals surface area contributed by atoms with Crippen LogP contribution in [-0.2, 0) is 16.4 Å². The van der Waals surface area contributed by atoms with Crippen molar-refractivity contribution in [3.63, 3.8) is 0 Å². The Morgan fingerprint density at radius 2 is 2.15 bits per heavy atom. The summed E-state index contributed by atoms with van der Waals surface area (Å²) in [5, 5.41) is 6.68. The first-order chi connectivity index (χ1) is 9.10. The van der Waals surface area contributed by atoms with E-state index in [1.165, 1.54) is 6.20 Å². The van der Waals surface area contributed by atoms with Gasteiger partial charge in [-0.05, 0) is 13.8 Å². The molecule has 1 N–H and O–H groups in total. The van der Waals surface area contributed by atoms with Gasteiger partial charge in [0.05, 0.1) is 16.0 Å². The second-order valence-electron chi connectivity index (χ2n) is 4.92.